The summed E-state index contributed by atoms with van der Waals surface area (Å²) >= 11 is 0. The molecule has 0 aliphatic rings. The van der Waals surface area contributed by atoms with Gasteiger partial charge in [0.1, 0.15) is 5.82 Å². The molecule has 30 heavy (non-hydrogen) atoms. The van der Waals surface area contributed by atoms with Crippen molar-refractivity contribution in [1.29, 1.82) is 0 Å². The molecule has 2 aromatic carbocycles. The number of hydrogen-bond donors (Lipinski definition) is 1. The molecule has 0 radical (unpaired) electrons. The van der Waals surface area contributed by atoms with Crippen LogP contribution in [0.2, 0.25) is 0 Å². The van der Waals surface area contributed by atoms with Crippen molar-refractivity contribution in [3.05, 3.63) is 88.5 Å². The van der Waals surface area contributed by atoms with E-state index in [1.54, 1.807) is 18.3 Å². The molecule has 3 aromatic rings. The molecule has 0 atom stereocenters. The Morgan fingerprint density at radius 2 is 1.70 bits per heavy atom. The van der Waals surface area contributed by atoms with E-state index in [0.29, 0.717) is 0 Å². The van der Waals surface area contributed by atoms with Crippen LogP contribution in [0.15, 0.2) is 59.7 Å². The maximum atomic E-state index is 13.0. The number of hydrogen-bond acceptors (Lipinski definition) is 2. The fourth-order valence-electron chi connectivity index (χ4n) is 3.43. The normalized spacial score (nSPS) is 11.8. The van der Waals surface area contributed by atoms with Crippen molar-refractivity contribution in [1.82, 2.24) is 9.99 Å². The molecule has 0 saturated carbocycles. The quantitative estimate of drug-likeness (QED) is 0.459. The number of halogens is 1. The van der Waals surface area contributed by atoms with Crippen LogP contribution < -0.4 is 5.43 Å². The van der Waals surface area contributed by atoms with Gasteiger partial charge in [-0.25, -0.2) is 9.82 Å². The van der Waals surface area contributed by atoms with Crippen molar-refractivity contribution in [3.8, 4) is 5.69 Å². The zero-order valence-electron chi connectivity index (χ0n) is 18.2. The van der Waals surface area contributed by atoms with Crippen LogP contribution in [0.3, 0.4) is 0 Å². The second-order valence-corrected chi connectivity index (χ2v) is 8.56. The molecular weight excluding hydrogens is 377 g/mol. The van der Waals surface area contributed by atoms with Crippen LogP contribution in [0.1, 0.15) is 48.8 Å². The highest BCUT2D eigenvalue weighted by Crippen LogP contribution is 2.25. The van der Waals surface area contributed by atoms with Crippen molar-refractivity contribution in [2.45, 2.75) is 46.5 Å². The number of benzene rings is 2. The smallest absolute Gasteiger partial charge is 0.244 e. The molecule has 1 aromatic heterocycles. The molecule has 0 aliphatic carbocycles. The molecule has 1 heterocycles. The summed E-state index contributed by atoms with van der Waals surface area (Å²) in [6, 6.07) is 16.5. The standard InChI is InChI=1S/C25H28FN3O/c1-17-14-20(16-27-28-24(30)15-19-6-10-22(26)11-7-19)18(2)29(17)23-12-8-21(9-13-23)25(3,4)5/h6-14,16H,15H2,1-5H3,(H,28,30)/b27-16+. The molecule has 0 saturated heterocycles. The number of nitrogens with zero attached hydrogens (tertiary/aromatic N) is 2. The maximum Gasteiger partial charge on any atom is 0.244 e. The number of nitrogens with one attached hydrogen (secondary N) is 1. The van der Waals surface area contributed by atoms with Crippen LogP contribution in [-0.2, 0) is 16.6 Å². The Morgan fingerprint density at radius 1 is 1.07 bits per heavy atom. The summed E-state index contributed by atoms with van der Waals surface area (Å²) in [6.07, 6.45) is 1.81. The van der Waals surface area contributed by atoms with Crippen LogP contribution in [0.25, 0.3) is 5.69 Å². The maximum absolute atomic E-state index is 13.0. The highest BCUT2D eigenvalue weighted by atomic mass is 19.1. The van der Waals surface area contributed by atoms with Gasteiger partial charge in [-0.2, -0.15) is 5.10 Å². The Hall–Kier alpha value is -3.21. The highest BCUT2D eigenvalue weighted by molar-refractivity contribution is 5.84. The van der Waals surface area contributed by atoms with E-state index in [2.05, 4.69) is 67.1 Å². The second-order valence-electron chi connectivity index (χ2n) is 8.56. The molecule has 156 valence electrons. The van der Waals surface area contributed by atoms with Gasteiger partial charge < -0.3 is 4.57 Å². The molecule has 3 rings (SSSR count). The first kappa shape index (κ1) is 21.5. The van der Waals surface area contributed by atoms with E-state index >= 15 is 0 Å². The lowest BCUT2D eigenvalue weighted by Gasteiger charge is -2.20. The highest BCUT2D eigenvalue weighted by Gasteiger charge is 2.14. The zero-order valence-corrected chi connectivity index (χ0v) is 18.2. The summed E-state index contributed by atoms with van der Waals surface area (Å²) < 4.78 is 15.1. The number of aromatic nitrogens is 1. The third-order valence-corrected chi connectivity index (χ3v) is 5.13. The Morgan fingerprint density at radius 3 is 2.30 bits per heavy atom. The molecule has 4 nitrogen and oxygen atoms in total. The fraction of sp³-hybridized carbons (Fsp3) is 0.280. The van der Waals surface area contributed by atoms with Gasteiger partial charge in [0, 0.05) is 22.6 Å². The third kappa shape index (κ3) is 5.03. The summed E-state index contributed by atoms with van der Waals surface area (Å²) in [7, 11) is 0. The van der Waals surface area contributed by atoms with Crippen molar-refractivity contribution in [2.24, 2.45) is 5.10 Å². The van der Waals surface area contributed by atoms with Gasteiger partial charge in [-0.15, -0.1) is 0 Å². The van der Waals surface area contributed by atoms with Gasteiger partial charge in [0.15, 0.2) is 0 Å². The minimum atomic E-state index is -0.319. The first-order valence-corrected chi connectivity index (χ1v) is 10.0. The van der Waals surface area contributed by atoms with E-state index in [0.717, 1.165) is 28.2 Å². The minimum Gasteiger partial charge on any atom is -0.318 e. The second kappa shape index (κ2) is 8.66. The predicted molar refractivity (Wildman–Crippen MR) is 120 cm³/mol. The van der Waals surface area contributed by atoms with Gasteiger partial charge in [-0.3, -0.25) is 4.79 Å². The summed E-state index contributed by atoms with van der Waals surface area (Å²) in [6.45, 7) is 10.7. The van der Waals surface area contributed by atoms with E-state index < -0.39 is 0 Å². The lowest BCUT2D eigenvalue weighted by molar-refractivity contribution is -0.120. The average Bonchev–Trinajstić information content (AvgIpc) is 2.96. The third-order valence-electron chi connectivity index (χ3n) is 5.13. The number of rotatable bonds is 5. The first-order chi connectivity index (χ1) is 14.1. The van der Waals surface area contributed by atoms with Gasteiger partial charge in [0.2, 0.25) is 5.91 Å². The lowest BCUT2D eigenvalue weighted by atomic mass is 9.87. The molecule has 0 unspecified atom stereocenters. The first-order valence-electron chi connectivity index (χ1n) is 10.0. The Kier molecular flexibility index (Phi) is 6.20. The fourth-order valence-corrected chi connectivity index (χ4v) is 3.43. The Labute approximate surface area is 177 Å². The molecule has 0 aliphatic heterocycles. The monoisotopic (exact) mass is 405 g/mol. The minimum absolute atomic E-state index is 0.114. The predicted octanol–water partition coefficient (Wildman–Crippen LogP) is 5.22. The Balaban J connectivity index is 1.70. The van der Waals surface area contributed by atoms with Gasteiger partial charge in [0.05, 0.1) is 12.6 Å². The van der Waals surface area contributed by atoms with E-state index in [1.807, 2.05) is 13.0 Å². The number of carbonyl (C=O) groups is 1. The average molecular weight is 406 g/mol. The van der Waals surface area contributed by atoms with E-state index in [1.165, 1.54) is 17.7 Å². The van der Waals surface area contributed by atoms with Crippen LogP contribution >= 0.6 is 0 Å². The van der Waals surface area contributed by atoms with Gasteiger partial charge in [-0.1, -0.05) is 45.0 Å². The van der Waals surface area contributed by atoms with Crippen molar-refractivity contribution in [2.75, 3.05) is 0 Å². The van der Waals surface area contributed by atoms with Crippen molar-refractivity contribution in [3.63, 3.8) is 0 Å². The van der Waals surface area contributed by atoms with Crippen molar-refractivity contribution >= 4 is 12.1 Å². The zero-order chi connectivity index (χ0) is 21.9. The van der Waals surface area contributed by atoms with Crippen LogP contribution in [0.4, 0.5) is 4.39 Å². The van der Waals surface area contributed by atoms with E-state index in [9.17, 15) is 9.18 Å². The number of carbonyl (C=O) groups excluding carboxylic acids is 1. The SMILES string of the molecule is Cc1cc(/C=N/NC(=O)Cc2ccc(F)cc2)c(C)n1-c1ccc(C(C)(C)C)cc1. The molecule has 0 spiro atoms. The van der Waals surface area contributed by atoms with Gasteiger partial charge in [0.25, 0.3) is 0 Å². The summed E-state index contributed by atoms with van der Waals surface area (Å²) in [5.41, 5.74) is 8.86. The van der Waals surface area contributed by atoms with Crippen LogP contribution in [0, 0.1) is 19.7 Å². The van der Waals surface area contributed by atoms with E-state index in [4.69, 9.17) is 0 Å². The van der Waals surface area contributed by atoms with Crippen molar-refractivity contribution < 1.29 is 9.18 Å². The molecule has 0 fully saturated rings. The summed E-state index contributed by atoms with van der Waals surface area (Å²) in [5, 5.41) is 4.10. The molecule has 1 amide bonds. The number of amides is 1. The molecule has 5 heteroatoms. The van der Waals surface area contributed by atoms with Crippen LogP contribution in [-0.4, -0.2) is 16.7 Å². The number of aryl methyl sites for hydroxylation is 1. The molecule has 1 N–H and O–H groups in total. The largest absolute Gasteiger partial charge is 0.318 e. The van der Waals surface area contributed by atoms with E-state index in [-0.39, 0.29) is 23.6 Å². The lowest BCUT2D eigenvalue weighted by Crippen LogP contribution is -2.19. The molecular formula is C25H28FN3O. The number of hydrazone groups is 1. The van der Waals surface area contributed by atoms with Gasteiger partial charge in [-0.05, 0) is 60.7 Å². The Bertz CT molecular complexity index is 1060. The summed E-state index contributed by atoms with van der Waals surface area (Å²) in [5.74, 6) is -0.565. The molecule has 0 bridgehead atoms. The summed E-state index contributed by atoms with van der Waals surface area (Å²) in [4.78, 5) is 12.1. The van der Waals surface area contributed by atoms with Crippen LogP contribution in [0.5, 0.6) is 0 Å². The van der Waals surface area contributed by atoms with Gasteiger partial charge >= 0.3 is 0 Å². The topological polar surface area (TPSA) is 46.4 Å².